The van der Waals surface area contributed by atoms with E-state index in [0.717, 1.165) is 36.6 Å². The number of thiazole rings is 1. The molecule has 0 amide bonds. The van der Waals surface area contributed by atoms with Crippen LogP contribution in [0.2, 0.25) is 0 Å². The molecule has 2 unspecified atom stereocenters. The third kappa shape index (κ3) is 3.53. The summed E-state index contributed by atoms with van der Waals surface area (Å²) >= 11 is 1.64. The summed E-state index contributed by atoms with van der Waals surface area (Å²) in [6, 6.07) is 0. The van der Waals surface area contributed by atoms with Gasteiger partial charge in [0, 0.05) is 23.8 Å². The molecule has 1 saturated heterocycles. The topological polar surface area (TPSA) is 42.4 Å². The highest BCUT2D eigenvalue weighted by Crippen LogP contribution is 2.25. The van der Waals surface area contributed by atoms with Gasteiger partial charge in [-0.25, -0.2) is 4.98 Å². The Morgan fingerprint density at radius 2 is 2.28 bits per heavy atom. The SMILES string of the molecule is CC(C)(C)c1csc(CC(O)C2CCCCO2)n1. The van der Waals surface area contributed by atoms with Gasteiger partial charge in [-0.05, 0) is 19.3 Å². The van der Waals surface area contributed by atoms with E-state index >= 15 is 0 Å². The highest BCUT2D eigenvalue weighted by Gasteiger charge is 2.24. The lowest BCUT2D eigenvalue weighted by atomic mass is 9.93. The van der Waals surface area contributed by atoms with Crippen LogP contribution in [0.15, 0.2) is 5.38 Å². The smallest absolute Gasteiger partial charge is 0.0955 e. The van der Waals surface area contributed by atoms with Gasteiger partial charge in [0.05, 0.1) is 22.9 Å². The second kappa shape index (κ2) is 5.68. The van der Waals surface area contributed by atoms with Gasteiger partial charge in [0.25, 0.3) is 0 Å². The Kier molecular flexibility index (Phi) is 4.41. The van der Waals surface area contributed by atoms with Crippen molar-refractivity contribution in [2.45, 2.75) is 64.1 Å². The van der Waals surface area contributed by atoms with Gasteiger partial charge in [-0.3, -0.25) is 0 Å². The van der Waals surface area contributed by atoms with Gasteiger partial charge in [-0.15, -0.1) is 11.3 Å². The first-order chi connectivity index (χ1) is 8.47. The van der Waals surface area contributed by atoms with Crippen LogP contribution < -0.4 is 0 Å². The zero-order valence-corrected chi connectivity index (χ0v) is 12.3. The highest BCUT2D eigenvalue weighted by atomic mass is 32.1. The molecule has 0 radical (unpaired) electrons. The average Bonchev–Trinajstić information content (AvgIpc) is 2.78. The van der Waals surface area contributed by atoms with Crippen molar-refractivity contribution in [1.29, 1.82) is 0 Å². The van der Waals surface area contributed by atoms with Crippen molar-refractivity contribution in [3.63, 3.8) is 0 Å². The Labute approximate surface area is 113 Å². The lowest BCUT2D eigenvalue weighted by Gasteiger charge is -2.26. The number of nitrogens with zero attached hydrogens (tertiary/aromatic N) is 1. The summed E-state index contributed by atoms with van der Waals surface area (Å²) in [6.45, 7) is 7.26. The summed E-state index contributed by atoms with van der Waals surface area (Å²) in [4.78, 5) is 4.62. The Morgan fingerprint density at radius 3 is 2.83 bits per heavy atom. The second-order valence-electron chi connectivity index (χ2n) is 6.05. The lowest BCUT2D eigenvalue weighted by molar-refractivity contribution is -0.0611. The molecule has 1 fully saturated rings. The van der Waals surface area contributed by atoms with E-state index < -0.39 is 6.10 Å². The van der Waals surface area contributed by atoms with Gasteiger partial charge in [0.15, 0.2) is 0 Å². The molecule has 0 aliphatic carbocycles. The summed E-state index contributed by atoms with van der Waals surface area (Å²) in [5.41, 5.74) is 1.19. The Hall–Kier alpha value is -0.450. The van der Waals surface area contributed by atoms with E-state index in [4.69, 9.17) is 4.74 Å². The number of rotatable bonds is 3. The molecule has 3 nitrogen and oxygen atoms in total. The Balaban J connectivity index is 1.94. The molecular formula is C14H23NO2S. The van der Waals surface area contributed by atoms with Crippen LogP contribution >= 0.6 is 11.3 Å². The molecule has 1 aliphatic rings. The highest BCUT2D eigenvalue weighted by molar-refractivity contribution is 7.09. The average molecular weight is 269 g/mol. The maximum absolute atomic E-state index is 10.2. The molecule has 0 spiro atoms. The molecule has 1 aromatic heterocycles. The molecule has 0 aromatic carbocycles. The third-order valence-electron chi connectivity index (χ3n) is 3.35. The molecule has 102 valence electrons. The van der Waals surface area contributed by atoms with Crippen molar-refractivity contribution in [3.8, 4) is 0 Å². The van der Waals surface area contributed by atoms with Crippen LogP contribution in [-0.4, -0.2) is 28.9 Å². The van der Waals surface area contributed by atoms with Crippen LogP contribution in [0.4, 0.5) is 0 Å². The molecule has 0 bridgehead atoms. The van der Waals surface area contributed by atoms with E-state index in [1.807, 2.05) is 0 Å². The molecular weight excluding hydrogens is 246 g/mol. The van der Waals surface area contributed by atoms with Crippen LogP contribution in [0, 0.1) is 0 Å². The summed E-state index contributed by atoms with van der Waals surface area (Å²) in [5.74, 6) is 0. The van der Waals surface area contributed by atoms with Crippen LogP contribution in [0.1, 0.15) is 50.7 Å². The first kappa shape index (κ1) is 14.0. The van der Waals surface area contributed by atoms with Gasteiger partial charge >= 0.3 is 0 Å². The fourth-order valence-electron chi connectivity index (χ4n) is 2.13. The maximum atomic E-state index is 10.2. The molecule has 2 rings (SSSR count). The zero-order valence-electron chi connectivity index (χ0n) is 11.5. The molecule has 1 aliphatic heterocycles. The van der Waals surface area contributed by atoms with Gasteiger partial charge in [-0.2, -0.15) is 0 Å². The minimum Gasteiger partial charge on any atom is -0.390 e. The number of aromatic nitrogens is 1. The fourth-order valence-corrected chi connectivity index (χ4v) is 3.20. The number of hydrogen-bond donors (Lipinski definition) is 1. The van der Waals surface area contributed by atoms with Gasteiger partial charge in [0.1, 0.15) is 0 Å². The van der Waals surface area contributed by atoms with Crippen LogP contribution in [0.25, 0.3) is 0 Å². The minimum atomic E-state index is -0.413. The van der Waals surface area contributed by atoms with E-state index in [1.54, 1.807) is 11.3 Å². The Bertz CT molecular complexity index is 377. The molecule has 4 heteroatoms. The van der Waals surface area contributed by atoms with E-state index in [2.05, 4.69) is 31.1 Å². The predicted octanol–water partition coefficient (Wildman–Crippen LogP) is 2.91. The fraction of sp³-hybridized carbons (Fsp3) is 0.786. The van der Waals surface area contributed by atoms with Gasteiger partial charge < -0.3 is 9.84 Å². The molecule has 1 aromatic rings. The van der Waals surface area contributed by atoms with Crippen molar-refractivity contribution in [1.82, 2.24) is 4.98 Å². The maximum Gasteiger partial charge on any atom is 0.0955 e. The van der Waals surface area contributed by atoms with Crippen molar-refractivity contribution in [2.75, 3.05) is 6.61 Å². The molecule has 18 heavy (non-hydrogen) atoms. The van der Waals surface area contributed by atoms with Crippen molar-refractivity contribution < 1.29 is 9.84 Å². The summed E-state index contributed by atoms with van der Waals surface area (Å²) in [7, 11) is 0. The standard InChI is InChI=1S/C14H23NO2S/c1-14(2,3)12-9-18-13(15-12)8-10(16)11-6-4-5-7-17-11/h9-11,16H,4-8H2,1-3H3. The summed E-state index contributed by atoms with van der Waals surface area (Å²) in [5, 5.41) is 13.3. The van der Waals surface area contributed by atoms with Crippen molar-refractivity contribution >= 4 is 11.3 Å². The number of aliphatic hydroxyl groups is 1. The number of hydrogen-bond acceptors (Lipinski definition) is 4. The predicted molar refractivity (Wildman–Crippen MR) is 74.1 cm³/mol. The van der Waals surface area contributed by atoms with E-state index in [0.29, 0.717) is 6.42 Å². The van der Waals surface area contributed by atoms with Gasteiger partial charge in [-0.1, -0.05) is 20.8 Å². The zero-order chi connectivity index (χ0) is 13.2. The van der Waals surface area contributed by atoms with Crippen molar-refractivity contribution in [3.05, 3.63) is 16.1 Å². The normalized spacial score (nSPS) is 23.0. The lowest BCUT2D eigenvalue weighted by Crippen LogP contribution is -2.33. The number of aliphatic hydroxyl groups excluding tert-OH is 1. The van der Waals surface area contributed by atoms with Crippen LogP contribution in [0.3, 0.4) is 0 Å². The second-order valence-corrected chi connectivity index (χ2v) is 7.00. The molecule has 2 atom stereocenters. The molecule has 1 N–H and O–H groups in total. The van der Waals surface area contributed by atoms with Gasteiger partial charge in [0.2, 0.25) is 0 Å². The summed E-state index contributed by atoms with van der Waals surface area (Å²) < 4.78 is 5.61. The first-order valence-electron chi connectivity index (χ1n) is 6.71. The minimum absolute atomic E-state index is 0.000682. The van der Waals surface area contributed by atoms with Crippen LogP contribution in [0.5, 0.6) is 0 Å². The number of ether oxygens (including phenoxy) is 1. The first-order valence-corrected chi connectivity index (χ1v) is 7.59. The largest absolute Gasteiger partial charge is 0.390 e. The molecule has 0 saturated carbocycles. The van der Waals surface area contributed by atoms with E-state index in [9.17, 15) is 5.11 Å². The Morgan fingerprint density at radius 1 is 1.50 bits per heavy atom. The van der Waals surface area contributed by atoms with E-state index in [1.165, 1.54) is 0 Å². The summed E-state index contributed by atoms with van der Waals surface area (Å²) in [6.07, 6.45) is 3.45. The molecule has 2 heterocycles. The quantitative estimate of drug-likeness (QED) is 0.917. The van der Waals surface area contributed by atoms with Crippen LogP contribution in [-0.2, 0) is 16.6 Å². The van der Waals surface area contributed by atoms with E-state index in [-0.39, 0.29) is 11.5 Å². The monoisotopic (exact) mass is 269 g/mol. The van der Waals surface area contributed by atoms with Crippen molar-refractivity contribution in [2.24, 2.45) is 0 Å². The third-order valence-corrected chi connectivity index (χ3v) is 4.22.